The summed E-state index contributed by atoms with van der Waals surface area (Å²) in [6.07, 6.45) is 0.301. The summed E-state index contributed by atoms with van der Waals surface area (Å²) in [5.41, 5.74) is 2.01. The van der Waals surface area contributed by atoms with E-state index in [4.69, 9.17) is 11.6 Å². The van der Waals surface area contributed by atoms with Gasteiger partial charge in [0.1, 0.15) is 6.33 Å². The first-order valence-corrected chi connectivity index (χ1v) is 11.8. The minimum absolute atomic E-state index is 0.0817. The molecule has 0 aliphatic rings. The number of anilines is 2. The topological polar surface area (TPSA) is 102 Å². The molecule has 0 aliphatic carbocycles. The number of nitrogens with zero attached hydrogens (tertiary/aromatic N) is 4. The van der Waals surface area contributed by atoms with E-state index in [-0.39, 0.29) is 11.5 Å². The van der Waals surface area contributed by atoms with Crippen LogP contribution in [0.3, 0.4) is 0 Å². The standard InChI is InChI=1S/C27H18ClF3N6O2/c1-15-12-32-14-37(15)24-13-33-22-9-4-17(10-23(22)36-24)25(38)16-2-5-18(6-3-16)34-26(39)35-19-7-8-21(28)20(11-19)27(29,30)31/h2-14H,1H3,(H2,34,35,39). The second-order valence-corrected chi connectivity index (χ2v) is 8.92. The summed E-state index contributed by atoms with van der Waals surface area (Å²) in [5.74, 6) is 0.309. The van der Waals surface area contributed by atoms with E-state index in [1.807, 2.05) is 6.92 Å². The average molecular weight is 551 g/mol. The molecular formula is C27H18ClF3N6O2. The number of imidazole rings is 1. The summed E-state index contributed by atoms with van der Waals surface area (Å²) in [6, 6.07) is 13.4. The first kappa shape index (κ1) is 25.9. The summed E-state index contributed by atoms with van der Waals surface area (Å²) >= 11 is 5.61. The van der Waals surface area contributed by atoms with Crippen LogP contribution in [0.5, 0.6) is 0 Å². The van der Waals surface area contributed by atoms with E-state index >= 15 is 0 Å². The van der Waals surface area contributed by atoms with Gasteiger partial charge in [-0.1, -0.05) is 11.6 Å². The van der Waals surface area contributed by atoms with Crippen LogP contribution >= 0.6 is 11.6 Å². The quantitative estimate of drug-likeness (QED) is 0.238. The molecule has 2 amide bonds. The Bertz CT molecular complexity index is 1720. The predicted octanol–water partition coefficient (Wildman–Crippen LogP) is 6.67. The lowest BCUT2D eigenvalue weighted by molar-refractivity contribution is -0.137. The van der Waals surface area contributed by atoms with Crippen LogP contribution in [0.25, 0.3) is 16.9 Å². The molecule has 2 aromatic heterocycles. The van der Waals surface area contributed by atoms with Crippen LogP contribution in [0, 0.1) is 6.92 Å². The van der Waals surface area contributed by atoms with Crippen molar-refractivity contribution in [2.24, 2.45) is 0 Å². The van der Waals surface area contributed by atoms with Crippen LogP contribution in [0.4, 0.5) is 29.3 Å². The van der Waals surface area contributed by atoms with Crippen molar-refractivity contribution in [2.45, 2.75) is 13.1 Å². The number of hydrogen-bond donors (Lipinski definition) is 2. The Morgan fingerprint density at radius 2 is 1.56 bits per heavy atom. The van der Waals surface area contributed by atoms with Crippen molar-refractivity contribution in [2.75, 3.05) is 10.6 Å². The first-order valence-electron chi connectivity index (χ1n) is 11.4. The van der Waals surface area contributed by atoms with Gasteiger partial charge in [-0.05, 0) is 67.6 Å². The average Bonchev–Trinajstić information content (AvgIpc) is 3.34. The van der Waals surface area contributed by atoms with Crippen LogP contribution in [0.1, 0.15) is 27.2 Å². The Balaban J connectivity index is 1.29. The Hall–Kier alpha value is -4.77. The van der Waals surface area contributed by atoms with E-state index in [1.54, 1.807) is 41.5 Å². The number of aromatic nitrogens is 4. The van der Waals surface area contributed by atoms with Crippen molar-refractivity contribution in [3.05, 3.63) is 107 Å². The van der Waals surface area contributed by atoms with Gasteiger partial charge in [0.15, 0.2) is 11.6 Å². The molecule has 0 saturated heterocycles. The molecule has 2 heterocycles. The number of carbonyl (C=O) groups is 2. The van der Waals surface area contributed by atoms with Gasteiger partial charge in [-0.3, -0.25) is 14.3 Å². The zero-order valence-corrected chi connectivity index (χ0v) is 20.9. The highest BCUT2D eigenvalue weighted by atomic mass is 35.5. The molecule has 0 unspecified atom stereocenters. The van der Waals surface area contributed by atoms with Crippen molar-refractivity contribution in [1.82, 2.24) is 19.5 Å². The van der Waals surface area contributed by atoms with Crippen LogP contribution in [0.15, 0.2) is 79.4 Å². The minimum atomic E-state index is -4.66. The van der Waals surface area contributed by atoms with Gasteiger partial charge in [0.25, 0.3) is 0 Å². The number of benzene rings is 3. The van der Waals surface area contributed by atoms with Gasteiger partial charge in [-0.2, -0.15) is 13.2 Å². The Labute approximate surface area is 224 Å². The minimum Gasteiger partial charge on any atom is -0.308 e. The molecule has 39 heavy (non-hydrogen) atoms. The van der Waals surface area contributed by atoms with Gasteiger partial charge in [0.05, 0.1) is 27.8 Å². The number of ketones is 1. The monoisotopic (exact) mass is 550 g/mol. The largest absolute Gasteiger partial charge is 0.417 e. The molecule has 0 fully saturated rings. The van der Waals surface area contributed by atoms with Gasteiger partial charge >= 0.3 is 12.2 Å². The summed E-state index contributed by atoms with van der Waals surface area (Å²) in [6.45, 7) is 1.89. The fourth-order valence-electron chi connectivity index (χ4n) is 3.85. The lowest BCUT2D eigenvalue weighted by Crippen LogP contribution is -2.20. The predicted molar refractivity (Wildman–Crippen MR) is 140 cm³/mol. The van der Waals surface area contributed by atoms with Gasteiger partial charge in [0, 0.05) is 34.4 Å². The number of amides is 2. The third kappa shape index (κ3) is 5.58. The number of nitrogens with one attached hydrogen (secondary N) is 2. The smallest absolute Gasteiger partial charge is 0.308 e. The molecule has 196 valence electrons. The van der Waals surface area contributed by atoms with Gasteiger partial charge < -0.3 is 10.6 Å². The maximum Gasteiger partial charge on any atom is 0.417 e. The molecule has 0 saturated carbocycles. The van der Waals surface area contributed by atoms with E-state index in [1.165, 1.54) is 30.3 Å². The molecule has 3 aromatic carbocycles. The van der Waals surface area contributed by atoms with Crippen LogP contribution in [-0.4, -0.2) is 31.3 Å². The fraction of sp³-hybridized carbons (Fsp3) is 0.0741. The molecule has 0 bridgehead atoms. The molecule has 0 aliphatic heterocycles. The van der Waals surface area contributed by atoms with Crippen LogP contribution in [0.2, 0.25) is 5.02 Å². The van der Waals surface area contributed by atoms with Crippen molar-refractivity contribution in [3.63, 3.8) is 0 Å². The lowest BCUT2D eigenvalue weighted by atomic mass is 10.0. The number of aryl methyl sites for hydroxylation is 1. The summed E-state index contributed by atoms with van der Waals surface area (Å²) in [7, 11) is 0. The molecule has 8 nitrogen and oxygen atoms in total. The summed E-state index contributed by atoms with van der Waals surface area (Å²) < 4.78 is 40.9. The number of halogens is 4. The normalized spacial score (nSPS) is 11.4. The van der Waals surface area contributed by atoms with Crippen molar-refractivity contribution in [1.29, 1.82) is 0 Å². The highest BCUT2D eigenvalue weighted by molar-refractivity contribution is 6.31. The van der Waals surface area contributed by atoms with Crippen LogP contribution in [-0.2, 0) is 6.18 Å². The number of fused-ring (bicyclic) bond motifs is 1. The lowest BCUT2D eigenvalue weighted by Gasteiger charge is -2.12. The molecule has 0 atom stereocenters. The second kappa shape index (κ2) is 10.2. The summed E-state index contributed by atoms with van der Waals surface area (Å²) in [5, 5.41) is 4.38. The van der Waals surface area contributed by atoms with E-state index < -0.39 is 22.8 Å². The zero-order valence-electron chi connectivity index (χ0n) is 20.1. The zero-order chi connectivity index (χ0) is 27.7. The third-order valence-corrected chi connectivity index (χ3v) is 6.13. The maximum absolute atomic E-state index is 13.1. The molecule has 2 N–H and O–H groups in total. The SMILES string of the molecule is Cc1cncn1-c1cnc2ccc(C(=O)c3ccc(NC(=O)Nc4ccc(Cl)c(C(F)(F)F)c4)cc3)cc2n1. The number of rotatable bonds is 5. The van der Waals surface area contributed by atoms with Gasteiger partial charge in [-0.25, -0.2) is 14.8 Å². The Morgan fingerprint density at radius 1 is 0.872 bits per heavy atom. The molecule has 12 heteroatoms. The maximum atomic E-state index is 13.1. The Kier molecular flexibility index (Phi) is 6.75. The Morgan fingerprint density at radius 3 is 2.26 bits per heavy atom. The highest BCUT2D eigenvalue weighted by Gasteiger charge is 2.33. The van der Waals surface area contributed by atoms with E-state index in [0.717, 1.165) is 17.8 Å². The number of hydrogen-bond acceptors (Lipinski definition) is 5. The summed E-state index contributed by atoms with van der Waals surface area (Å²) in [4.78, 5) is 38.5. The molecule has 5 rings (SSSR count). The number of carbonyl (C=O) groups excluding carboxylic acids is 2. The number of urea groups is 1. The molecule has 0 radical (unpaired) electrons. The first-order chi connectivity index (χ1) is 18.6. The van der Waals surface area contributed by atoms with Gasteiger partial charge in [0.2, 0.25) is 0 Å². The van der Waals surface area contributed by atoms with Crippen molar-refractivity contribution >= 4 is 45.8 Å². The van der Waals surface area contributed by atoms with E-state index in [0.29, 0.717) is 33.7 Å². The van der Waals surface area contributed by atoms with E-state index in [9.17, 15) is 22.8 Å². The fourth-order valence-corrected chi connectivity index (χ4v) is 4.07. The van der Waals surface area contributed by atoms with Crippen molar-refractivity contribution < 1.29 is 22.8 Å². The van der Waals surface area contributed by atoms with Crippen molar-refractivity contribution in [3.8, 4) is 5.82 Å². The third-order valence-electron chi connectivity index (χ3n) is 5.80. The molecule has 0 spiro atoms. The van der Waals surface area contributed by atoms with Crippen LogP contribution < -0.4 is 10.6 Å². The number of alkyl halides is 3. The van der Waals surface area contributed by atoms with Gasteiger partial charge in [-0.15, -0.1) is 0 Å². The molecule has 5 aromatic rings. The van der Waals surface area contributed by atoms with E-state index in [2.05, 4.69) is 25.6 Å². The highest BCUT2D eigenvalue weighted by Crippen LogP contribution is 2.36. The second-order valence-electron chi connectivity index (χ2n) is 8.51. The molecular weight excluding hydrogens is 533 g/mol.